The Balaban J connectivity index is 3.24. The summed E-state index contributed by atoms with van der Waals surface area (Å²) in [6, 6.07) is 1.91. The summed E-state index contributed by atoms with van der Waals surface area (Å²) in [7, 11) is 0. The minimum absolute atomic E-state index is 0.125. The molecule has 17 heavy (non-hydrogen) atoms. The molecule has 1 rings (SSSR count). The van der Waals surface area contributed by atoms with Gasteiger partial charge < -0.3 is 4.74 Å². The Hall–Kier alpha value is -0.750. The van der Waals surface area contributed by atoms with Gasteiger partial charge in [-0.2, -0.15) is 8.78 Å². The molecule has 0 bridgehead atoms. The van der Waals surface area contributed by atoms with Crippen LogP contribution in [0, 0.1) is 5.82 Å². The first-order valence-electron chi connectivity index (χ1n) is 4.51. The monoisotopic (exact) mass is 330 g/mol. The van der Waals surface area contributed by atoms with Crippen LogP contribution >= 0.6 is 27.5 Å². The van der Waals surface area contributed by atoms with Crippen molar-refractivity contribution in [2.24, 2.45) is 0 Å². The maximum Gasteiger partial charge on any atom is 0.382 e. The van der Waals surface area contributed by atoms with Gasteiger partial charge in [0.15, 0.2) is 5.82 Å². The smallest absolute Gasteiger partial charge is 0.382 e. The number of benzene rings is 1. The number of alkyl halides is 2. The quantitative estimate of drug-likeness (QED) is 0.620. The number of ether oxygens (including phenoxy) is 1. The second kappa shape index (κ2) is 5.27. The predicted octanol–water partition coefficient (Wildman–Crippen LogP) is 3.90. The highest BCUT2D eigenvalue weighted by Crippen LogP contribution is 2.36. The molecular weight excluding hydrogens is 324 g/mol. The van der Waals surface area contributed by atoms with Gasteiger partial charge in [-0.05, 0) is 35.0 Å². The van der Waals surface area contributed by atoms with Crippen LogP contribution in [-0.4, -0.2) is 12.6 Å². The van der Waals surface area contributed by atoms with Gasteiger partial charge in [-0.3, -0.25) is 0 Å². The van der Waals surface area contributed by atoms with Crippen LogP contribution in [0.2, 0.25) is 5.02 Å². The van der Waals surface area contributed by atoms with Gasteiger partial charge in [0, 0.05) is 4.47 Å². The molecule has 7 heteroatoms. The van der Waals surface area contributed by atoms with E-state index in [0.29, 0.717) is 0 Å². The van der Waals surface area contributed by atoms with Crippen molar-refractivity contribution in [2.75, 3.05) is 6.61 Å². The van der Waals surface area contributed by atoms with Gasteiger partial charge >= 0.3 is 11.9 Å². The topological polar surface area (TPSA) is 26.3 Å². The minimum atomic E-state index is -4.07. The molecule has 0 atom stereocenters. The van der Waals surface area contributed by atoms with Crippen LogP contribution in [0.1, 0.15) is 12.5 Å². The molecule has 0 aliphatic carbocycles. The highest BCUT2D eigenvalue weighted by Gasteiger charge is 2.45. The summed E-state index contributed by atoms with van der Waals surface area (Å²) in [5.74, 6) is -7.22. The molecule has 0 saturated heterocycles. The van der Waals surface area contributed by atoms with E-state index in [-0.39, 0.29) is 11.1 Å². The maximum absolute atomic E-state index is 13.5. The number of carbonyl (C=O) groups excluding carboxylic acids is 1. The van der Waals surface area contributed by atoms with Crippen molar-refractivity contribution in [3.05, 3.63) is 33.0 Å². The van der Waals surface area contributed by atoms with E-state index in [1.807, 2.05) is 0 Å². The van der Waals surface area contributed by atoms with Gasteiger partial charge in [0.2, 0.25) is 0 Å². The van der Waals surface area contributed by atoms with E-state index in [1.165, 1.54) is 6.92 Å². The first-order valence-corrected chi connectivity index (χ1v) is 5.68. The van der Waals surface area contributed by atoms with E-state index in [1.54, 1.807) is 0 Å². The lowest BCUT2D eigenvalue weighted by Crippen LogP contribution is -2.29. The third-order valence-electron chi connectivity index (χ3n) is 1.91. The Morgan fingerprint density at radius 3 is 2.65 bits per heavy atom. The maximum atomic E-state index is 13.5. The van der Waals surface area contributed by atoms with Gasteiger partial charge in [-0.25, -0.2) is 9.18 Å². The molecular formula is C10H7BrClF3O2. The number of halogens is 5. The second-order valence-electron chi connectivity index (χ2n) is 3.02. The molecule has 0 aromatic heterocycles. The zero-order valence-electron chi connectivity index (χ0n) is 8.57. The molecule has 94 valence electrons. The first kappa shape index (κ1) is 14.3. The highest BCUT2D eigenvalue weighted by atomic mass is 79.9. The molecule has 0 spiro atoms. The van der Waals surface area contributed by atoms with Crippen LogP contribution < -0.4 is 0 Å². The van der Waals surface area contributed by atoms with Crippen LogP contribution in [0.4, 0.5) is 13.2 Å². The molecule has 0 radical (unpaired) electrons. The third-order valence-corrected chi connectivity index (χ3v) is 3.16. The van der Waals surface area contributed by atoms with E-state index in [0.717, 1.165) is 12.1 Å². The van der Waals surface area contributed by atoms with Crippen molar-refractivity contribution in [1.82, 2.24) is 0 Å². The van der Waals surface area contributed by atoms with Crippen LogP contribution in [-0.2, 0) is 15.5 Å². The fourth-order valence-corrected chi connectivity index (χ4v) is 1.57. The molecule has 0 heterocycles. The van der Waals surface area contributed by atoms with Gasteiger partial charge in [-0.1, -0.05) is 11.6 Å². The number of esters is 1. The van der Waals surface area contributed by atoms with Crippen LogP contribution in [0.15, 0.2) is 16.6 Å². The second-order valence-corrected chi connectivity index (χ2v) is 4.25. The number of carbonyl (C=O) groups is 1. The zero-order valence-corrected chi connectivity index (χ0v) is 10.9. The minimum Gasteiger partial charge on any atom is -0.461 e. The summed E-state index contributed by atoms with van der Waals surface area (Å²) in [5.41, 5.74) is -1.11. The summed E-state index contributed by atoms with van der Waals surface area (Å²) in [6.45, 7) is 1.15. The lowest BCUT2D eigenvalue weighted by atomic mass is 10.1. The fraction of sp³-hybridized carbons (Fsp3) is 0.300. The van der Waals surface area contributed by atoms with Crippen LogP contribution in [0.5, 0.6) is 0 Å². The molecule has 0 aliphatic rings. The number of rotatable bonds is 3. The average Bonchev–Trinajstić information content (AvgIpc) is 2.26. The Morgan fingerprint density at radius 2 is 2.12 bits per heavy atom. The largest absolute Gasteiger partial charge is 0.461 e. The summed E-state index contributed by atoms with van der Waals surface area (Å²) in [5, 5.41) is -0.508. The van der Waals surface area contributed by atoms with E-state index >= 15 is 0 Å². The number of hydrogen-bond acceptors (Lipinski definition) is 2. The van der Waals surface area contributed by atoms with E-state index in [9.17, 15) is 18.0 Å². The lowest BCUT2D eigenvalue weighted by molar-refractivity contribution is -0.173. The first-order chi connectivity index (χ1) is 7.82. The van der Waals surface area contributed by atoms with Gasteiger partial charge in [0.05, 0.1) is 17.2 Å². The molecule has 0 saturated carbocycles. The van der Waals surface area contributed by atoms with E-state index in [2.05, 4.69) is 20.7 Å². The summed E-state index contributed by atoms with van der Waals surface area (Å²) >= 11 is 8.34. The molecule has 0 amide bonds. The van der Waals surface area contributed by atoms with Crippen molar-refractivity contribution in [1.29, 1.82) is 0 Å². The molecule has 1 aromatic rings. The lowest BCUT2D eigenvalue weighted by Gasteiger charge is -2.16. The molecule has 0 unspecified atom stereocenters. The van der Waals surface area contributed by atoms with Gasteiger partial charge in [0.25, 0.3) is 0 Å². The third kappa shape index (κ3) is 2.74. The Kier molecular flexibility index (Phi) is 4.43. The Labute approximate surface area is 109 Å². The summed E-state index contributed by atoms with van der Waals surface area (Å²) in [4.78, 5) is 11.0. The van der Waals surface area contributed by atoms with Crippen molar-refractivity contribution in [3.63, 3.8) is 0 Å². The number of hydrogen-bond donors (Lipinski definition) is 0. The van der Waals surface area contributed by atoms with E-state index < -0.39 is 28.3 Å². The summed E-state index contributed by atoms with van der Waals surface area (Å²) < 4.78 is 44.9. The van der Waals surface area contributed by atoms with Crippen LogP contribution in [0.25, 0.3) is 0 Å². The SMILES string of the molecule is CCOC(=O)C(F)(F)c1ccc(Br)c(Cl)c1F. The molecule has 0 fully saturated rings. The fourth-order valence-electron chi connectivity index (χ4n) is 1.10. The Bertz CT molecular complexity index is 451. The standard InChI is InChI=1S/C10H7BrClF3O2/c1-2-17-9(16)10(14,15)5-3-4-6(11)7(12)8(5)13/h3-4H,2H2,1H3. The Morgan fingerprint density at radius 1 is 1.53 bits per heavy atom. The molecule has 0 aliphatic heterocycles. The van der Waals surface area contributed by atoms with Crippen molar-refractivity contribution < 1.29 is 22.7 Å². The van der Waals surface area contributed by atoms with Gasteiger partial charge in [0.1, 0.15) is 0 Å². The highest BCUT2D eigenvalue weighted by molar-refractivity contribution is 9.10. The molecule has 1 aromatic carbocycles. The summed E-state index contributed by atoms with van der Waals surface area (Å²) in [6.07, 6.45) is 0. The molecule has 2 nitrogen and oxygen atoms in total. The van der Waals surface area contributed by atoms with Crippen molar-refractivity contribution in [2.45, 2.75) is 12.8 Å². The van der Waals surface area contributed by atoms with Crippen LogP contribution in [0.3, 0.4) is 0 Å². The average molecular weight is 332 g/mol. The normalized spacial score (nSPS) is 11.4. The van der Waals surface area contributed by atoms with Crippen molar-refractivity contribution in [3.8, 4) is 0 Å². The van der Waals surface area contributed by atoms with Gasteiger partial charge in [-0.15, -0.1) is 0 Å². The zero-order chi connectivity index (χ0) is 13.2. The van der Waals surface area contributed by atoms with E-state index in [4.69, 9.17) is 11.6 Å². The van der Waals surface area contributed by atoms with Crippen molar-refractivity contribution >= 4 is 33.5 Å². The molecule has 0 N–H and O–H groups in total. The predicted molar refractivity (Wildman–Crippen MR) is 59.6 cm³/mol.